The number of carbonyl (C=O) groups excluding carboxylic acids is 1. The van der Waals surface area contributed by atoms with Gasteiger partial charge in [0.05, 0.1) is 6.54 Å². The van der Waals surface area contributed by atoms with Crippen molar-refractivity contribution >= 4 is 5.91 Å². The summed E-state index contributed by atoms with van der Waals surface area (Å²) in [7, 11) is 0. The molecule has 2 rings (SSSR count). The minimum Gasteiger partial charge on any atom is -0.492 e. The lowest BCUT2D eigenvalue weighted by Crippen LogP contribution is -2.36. The molecule has 0 saturated heterocycles. The first-order valence-corrected chi connectivity index (χ1v) is 7.17. The Morgan fingerprint density at radius 1 is 1.42 bits per heavy atom. The van der Waals surface area contributed by atoms with Gasteiger partial charge in [0.25, 0.3) is 0 Å². The number of hydrogen-bond donors (Lipinski definition) is 1. The highest BCUT2D eigenvalue weighted by molar-refractivity contribution is 5.79. The van der Waals surface area contributed by atoms with Crippen LogP contribution in [0.4, 0.5) is 0 Å². The lowest BCUT2D eigenvalue weighted by atomic mass is 9.85. The maximum atomic E-state index is 11.6. The van der Waals surface area contributed by atoms with Crippen molar-refractivity contribution < 1.29 is 9.53 Å². The van der Waals surface area contributed by atoms with E-state index in [4.69, 9.17) is 4.74 Å². The minimum atomic E-state index is 0.186. The zero-order chi connectivity index (χ0) is 13.7. The second-order valence-corrected chi connectivity index (χ2v) is 5.49. The molecule has 1 N–H and O–H groups in total. The molecule has 0 atom stereocenters. The Morgan fingerprint density at radius 2 is 2.21 bits per heavy atom. The molecule has 0 unspecified atom stereocenters. The standard InChI is InChI=1S/C16H23NO2/c1-12(2)14-7-4-8-15(11-14)19-10-9-17-16(18)13-5-3-6-13/h4,7-8,11-13H,3,5-6,9-10H2,1-2H3,(H,17,18). The lowest BCUT2D eigenvalue weighted by molar-refractivity contribution is -0.127. The predicted octanol–water partition coefficient (Wildman–Crippen LogP) is 3.11. The fraction of sp³-hybridized carbons (Fsp3) is 0.562. The predicted molar refractivity (Wildman–Crippen MR) is 76.4 cm³/mol. The highest BCUT2D eigenvalue weighted by Crippen LogP contribution is 2.26. The third-order valence-electron chi connectivity index (χ3n) is 3.67. The van der Waals surface area contributed by atoms with E-state index in [1.165, 1.54) is 12.0 Å². The lowest BCUT2D eigenvalue weighted by Gasteiger charge is -2.24. The topological polar surface area (TPSA) is 38.3 Å². The van der Waals surface area contributed by atoms with Gasteiger partial charge in [-0.15, -0.1) is 0 Å². The van der Waals surface area contributed by atoms with Crippen molar-refractivity contribution in [3.05, 3.63) is 29.8 Å². The van der Waals surface area contributed by atoms with Gasteiger partial charge in [-0.05, 0) is 36.5 Å². The van der Waals surface area contributed by atoms with Gasteiger partial charge in [-0.1, -0.05) is 32.4 Å². The van der Waals surface area contributed by atoms with Crippen molar-refractivity contribution in [1.29, 1.82) is 0 Å². The van der Waals surface area contributed by atoms with Gasteiger partial charge in [0.2, 0.25) is 5.91 Å². The molecule has 0 bridgehead atoms. The summed E-state index contributed by atoms with van der Waals surface area (Å²) in [6.45, 7) is 5.44. The SMILES string of the molecule is CC(C)c1cccc(OCCNC(=O)C2CCC2)c1. The molecule has 19 heavy (non-hydrogen) atoms. The molecule has 3 nitrogen and oxygen atoms in total. The van der Waals surface area contributed by atoms with Crippen LogP contribution in [0.2, 0.25) is 0 Å². The van der Waals surface area contributed by atoms with Gasteiger partial charge in [-0.3, -0.25) is 4.79 Å². The van der Waals surface area contributed by atoms with Crippen LogP contribution in [-0.2, 0) is 4.79 Å². The summed E-state index contributed by atoms with van der Waals surface area (Å²) in [4.78, 5) is 11.6. The van der Waals surface area contributed by atoms with E-state index >= 15 is 0 Å². The number of ether oxygens (including phenoxy) is 1. The van der Waals surface area contributed by atoms with E-state index < -0.39 is 0 Å². The first kappa shape index (κ1) is 13.9. The Morgan fingerprint density at radius 3 is 2.84 bits per heavy atom. The van der Waals surface area contributed by atoms with E-state index in [2.05, 4.69) is 31.3 Å². The van der Waals surface area contributed by atoms with E-state index in [0.717, 1.165) is 18.6 Å². The first-order chi connectivity index (χ1) is 9.16. The van der Waals surface area contributed by atoms with Gasteiger partial charge in [-0.2, -0.15) is 0 Å². The fourth-order valence-electron chi connectivity index (χ4n) is 2.12. The van der Waals surface area contributed by atoms with E-state index in [1.807, 2.05) is 12.1 Å². The summed E-state index contributed by atoms with van der Waals surface area (Å²) >= 11 is 0. The van der Waals surface area contributed by atoms with Crippen LogP contribution in [0.3, 0.4) is 0 Å². The highest BCUT2D eigenvalue weighted by atomic mass is 16.5. The molecule has 1 amide bonds. The molecule has 0 aliphatic heterocycles. The quantitative estimate of drug-likeness (QED) is 0.799. The number of amides is 1. The Bertz CT molecular complexity index is 425. The molecule has 0 radical (unpaired) electrons. The molecule has 1 saturated carbocycles. The Balaban J connectivity index is 1.70. The van der Waals surface area contributed by atoms with E-state index in [-0.39, 0.29) is 11.8 Å². The molecule has 0 aromatic heterocycles. The van der Waals surface area contributed by atoms with E-state index in [9.17, 15) is 4.79 Å². The fourth-order valence-corrected chi connectivity index (χ4v) is 2.12. The van der Waals surface area contributed by atoms with Crippen LogP contribution >= 0.6 is 0 Å². The van der Waals surface area contributed by atoms with Crippen LogP contribution in [0, 0.1) is 5.92 Å². The van der Waals surface area contributed by atoms with Crippen molar-refractivity contribution in [2.75, 3.05) is 13.2 Å². The number of carbonyl (C=O) groups is 1. The second-order valence-electron chi connectivity index (χ2n) is 5.49. The Hall–Kier alpha value is -1.51. The molecule has 0 heterocycles. The minimum absolute atomic E-state index is 0.186. The monoisotopic (exact) mass is 261 g/mol. The van der Waals surface area contributed by atoms with Gasteiger partial charge in [-0.25, -0.2) is 0 Å². The van der Waals surface area contributed by atoms with Crippen LogP contribution in [0.1, 0.15) is 44.6 Å². The summed E-state index contributed by atoms with van der Waals surface area (Å²) in [5, 5.41) is 2.93. The molecule has 0 spiro atoms. The van der Waals surface area contributed by atoms with Gasteiger partial charge >= 0.3 is 0 Å². The Kier molecular flexibility index (Phi) is 4.83. The summed E-state index contributed by atoms with van der Waals surface area (Å²) in [5.41, 5.74) is 1.27. The van der Waals surface area contributed by atoms with E-state index in [0.29, 0.717) is 19.1 Å². The van der Waals surface area contributed by atoms with E-state index in [1.54, 1.807) is 0 Å². The van der Waals surface area contributed by atoms with Crippen LogP contribution < -0.4 is 10.1 Å². The first-order valence-electron chi connectivity index (χ1n) is 7.17. The third-order valence-corrected chi connectivity index (χ3v) is 3.67. The average molecular weight is 261 g/mol. The van der Waals surface area contributed by atoms with Crippen molar-refractivity contribution in [3.8, 4) is 5.75 Å². The summed E-state index contributed by atoms with van der Waals surface area (Å²) in [6.07, 6.45) is 3.28. The second kappa shape index (κ2) is 6.60. The molecule has 1 aliphatic rings. The summed E-state index contributed by atoms with van der Waals surface area (Å²) < 4.78 is 5.66. The van der Waals surface area contributed by atoms with Crippen LogP contribution in [0.15, 0.2) is 24.3 Å². The highest BCUT2D eigenvalue weighted by Gasteiger charge is 2.24. The van der Waals surface area contributed by atoms with Gasteiger partial charge in [0, 0.05) is 5.92 Å². The summed E-state index contributed by atoms with van der Waals surface area (Å²) in [5.74, 6) is 1.82. The van der Waals surface area contributed by atoms with Gasteiger partial charge in [0.15, 0.2) is 0 Å². The molecule has 1 aromatic carbocycles. The molecule has 1 aromatic rings. The van der Waals surface area contributed by atoms with Gasteiger partial charge in [0.1, 0.15) is 12.4 Å². The molecule has 1 fully saturated rings. The number of hydrogen-bond acceptors (Lipinski definition) is 2. The largest absolute Gasteiger partial charge is 0.492 e. The molecular formula is C16H23NO2. The van der Waals surface area contributed by atoms with Crippen LogP contribution in [0.5, 0.6) is 5.75 Å². The Labute approximate surface area is 115 Å². The maximum Gasteiger partial charge on any atom is 0.223 e. The smallest absolute Gasteiger partial charge is 0.223 e. The van der Waals surface area contributed by atoms with Gasteiger partial charge < -0.3 is 10.1 Å². The van der Waals surface area contributed by atoms with Crippen molar-refractivity contribution in [1.82, 2.24) is 5.32 Å². The normalized spacial score (nSPS) is 15.1. The number of nitrogens with one attached hydrogen (secondary N) is 1. The van der Waals surface area contributed by atoms with Crippen molar-refractivity contribution in [3.63, 3.8) is 0 Å². The molecule has 3 heteroatoms. The third kappa shape index (κ3) is 3.98. The molecule has 104 valence electrons. The van der Waals surface area contributed by atoms with Crippen LogP contribution in [-0.4, -0.2) is 19.1 Å². The summed E-state index contributed by atoms with van der Waals surface area (Å²) in [6, 6.07) is 8.14. The zero-order valence-corrected chi connectivity index (χ0v) is 11.8. The average Bonchev–Trinajstić information content (AvgIpc) is 2.33. The van der Waals surface area contributed by atoms with Crippen LogP contribution in [0.25, 0.3) is 0 Å². The van der Waals surface area contributed by atoms with Crippen molar-refractivity contribution in [2.24, 2.45) is 5.92 Å². The number of rotatable bonds is 6. The molecular weight excluding hydrogens is 238 g/mol. The maximum absolute atomic E-state index is 11.6. The number of benzene rings is 1. The zero-order valence-electron chi connectivity index (χ0n) is 11.8. The van der Waals surface area contributed by atoms with Crippen molar-refractivity contribution in [2.45, 2.75) is 39.0 Å². The molecule has 1 aliphatic carbocycles.